The third-order valence-electron chi connectivity index (χ3n) is 15.6. The molecule has 4 fully saturated rings. The second-order valence-corrected chi connectivity index (χ2v) is 19.3. The van der Waals surface area contributed by atoms with Crippen molar-refractivity contribution in [3.8, 4) is 0 Å². The molecular weight excluding hydrogens is 717 g/mol. The van der Waals surface area contributed by atoms with Crippen LogP contribution >= 0.6 is 0 Å². The Kier molecular flexibility index (Phi) is 15.0. The first-order valence-electron chi connectivity index (χ1n) is 24.4. The van der Waals surface area contributed by atoms with Gasteiger partial charge in [0.2, 0.25) is 0 Å². The van der Waals surface area contributed by atoms with Gasteiger partial charge in [-0.05, 0) is 150 Å². The number of fused-ring (bicyclic) bond motifs is 10. The molecule has 8 heteroatoms. The number of carbonyl (C=O) groups is 2. The molecule has 0 radical (unpaired) electrons. The summed E-state index contributed by atoms with van der Waals surface area (Å²) in [4.78, 5) is 30.7. The summed E-state index contributed by atoms with van der Waals surface area (Å²) in [5.74, 6) is 1.61. The molecule has 2 aromatic carbocycles. The standard InChI is InChI=1S/C50H76N6O2/c57-49(53-39-23-19-37(20-24-39)31-35-55-45-27-28-46(55)42-16-10-9-15-41(42)45)51-33-13-7-5-3-1-2-4-6-8-14-34-52-50(58)54-40-25-21-38(22-26-40)32-36-56-47-29-30-48(56)44-18-12-11-17-43(44)47/h9-12,15-18,37-40,45-48H,1-8,13-14,19-36H2,(H2,51,53,57)(H2,52,54,58). The van der Waals surface area contributed by atoms with E-state index in [2.05, 4.69) is 79.6 Å². The van der Waals surface area contributed by atoms with Gasteiger partial charge in [0.1, 0.15) is 0 Å². The molecule has 4 unspecified atom stereocenters. The zero-order valence-electron chi connectivity index (χ0n) is 35.7. The van der Waals surface area contributed by atoms with E-state index < -0.39 is 0 Å². The van der Waals surface area contributed by atoms with Gasteiger partial charge in [0.05, 0.1) is 0 Å². The molecule has 4 aliphatic heterocycles. The Balaban J connectivity index is 0.555. The fourth-order valence-electron chi connectivity index (χ4n) is 12.3. The average Bonchev–Trinajstić information content (AvgIpc) is 4.02. The highest BCUT2D eigenvalue weighted by Gasteiger charge is 2.44. The predicted molar refractivity (Wildman–Crippen MR) is 236 cm³/mol. The van der Waals surface area contributed by atoms with Crippen LogP contribution in [0.2, 0.25) is 0 Å². The van der Waals surface area contributed by atoms with Crippen LogP contribution in [-0.2, 0) is 0 Å². The Hall–Kier alpha value is -3.10. The topological polar surface area (TPSA) is 88.7 Å². The van der Waals surface area contributed by atoms with Crippen molar-refractivity contribution in [2.75, 3.05) is 26.2 Å². The van der Waals surface area contributed by atoms with E-state index in [0.717, 1.165) is 63.5 Å². The number of hydrogen-bond donors (Lipinski definition) is 4. The number of nitrogens with zero attached hydrogens (tertiary/aromatic N) is 2. The summed E-state index contributed by atoms with van der Waals surface area (Å²) in [5.41, 5.74) is 6.36. The molecule has 4 amide bonds. The monoisotopic (exact) mass is 793 g/mol. The number of hydrogen-bond acceptors (Lipinski definition) is 4. The third kappa shape index (κ3) is 10.6. The molecule has 0 spiro atoms. The Bertz CT molecular complexity index is 1420. The van der Waals surface area contributed by atoms with Crippen molar-refractivity contribution >= 4 is 12.1 Å². The number of carbonyl (C=O) groups excluding carboxylic acids is 2. The third-order valence-corrected chi connectivity index (χ3v) is 15.6. The Morgan fingerprint density at radius 1 is 0.431 bits per heavy atom. The maximum Gasteiger partial charge on any atom is 0.315 e. The molecule has 318 valence electrons. The van der Waals surface area contributed by atoms with Crippen LogP contribution in [0.15, 0.2) is 48.5 Å². The number of unbranched alkanes of at least 4 members (excludes halogenated alkanes) is 9. The molecule has 2 saturated carbocycles. The first-order chi connectivity index (χ1) is 28.6. The number of nitrogens with one attached hydrogen (secondary N) is 4. The van der Waals surface area contributed by atoms with Gasteiger partial charge in [-0.2, -0.15) is 0 Å². The van der Waals surface area contributed by atoms with Crippen molar-refractivity contribution in [1.29, 1.82) is 0 Å². The van der Waals surface area contributed by atoms with Gasteiger partial charge in [0, 0.05) is 49.3 Å². The van der Waals surface area contributed by atoms with E-state index >= 15 is 0 Å². The van der Waals surface area contributed by atoms with E-state index in [9.17, 15) is 9.59 Å². The molecule has 8 nitrogen and oxygen atoms in total. The predicted octanol–water partition coefficient (Wildman–Crippen LogP) is 11.2. The van der Waals surface area contributed by atoms with Crippen LogP contribution < -0.4 is 21.3 Å². The van der Waals surface area contributed by atoms with E-state index in [4.69, 9.17) is 0 Å². The van der Waals surface area contributed by atoms with Gasteiger partial charge < -0.3 is 21.3 Å². The lowest BCUT2D eigenvalue weighted by atomic mass is 9.84. The molecular formula is C50H76N6O2. The first kappa shape index (κ1) is 41.6. The zero-order chi connectivity index (χ0) is 39.5. The summed E-state index contributed by atoms with van der Waals surface area (Å²) >= 11 is 0. The summed E-state index contributed by atoms with van der Waals surface area (Å²) < 4.78 is 0. The van der Waals surface area contributed by atoms with Gasteiger partial charge in [-0.3, -0.25) is 9.80 Å². The summed E-state index contributed by atoms with van der Waals surface area (Å²) in [6.45, 7) is 4.02. The molecule has 0 aromatic heterocycles. The number of amides is 4. The molecule has 8 rings (SSSR count). The first-order valence-corrected chi connectivity index (χ1v) is 24.4. The molecule has 2 saturated heterocycles. The highest BCUT2D eigenvalue weighted by atomic mass is 16.2. The van der Waals surface area contributed by atoms with Crippen molar-refractivity contribution in [2.45, 2.75) is 190 Å². The number of urea groups is 2. The van der Waals surface area contributed by atoms with Crippen LogP contribution in [0.5, 0.6) is 0 Å². The fourth-order valence-corrected chi connectivity index (χ4v) is 12.3. The van der Waals surface area contributed by atoms with Crippen LogP contribution in [-0.4, -0.2) is 60.1 Å². The molecule has 4 N–H and O–H groups in total. The minimum Gasteiger partial charge on any atom is -0.338 e. The molecule has 4 heterocycles. The molecule has 4 bridgehead atoms. The minimum absolute atomic E-state index is 0.0326. The zero-order valence-corrected chi connectivity index (χ0v) is 35.7. The summed E-state index contributed by atoms with van der Waals surface area (Å²) in [5, 5.41) is 12.8. The van der Waals surface area contributed by atoms with Crippen LogP contribution in [0.1, 0.15) is 201 Å². The van der Waals surface area contributed by atoms with Gasteiger partial charge in [-0.25, -0.2) is 9.59 Å². The van der Waals surface area contributed by atoms with Crippen molar-refractivity contribution in [2.24, 2.45) is 11.8 Å². The Labute approximate surface area is 350 Å². The van der Waals surface area contributed by atoms with E-state index in [1.807, 2.05) is 0 Å². The molecule has 4 atom stereocenters. The SMILES string of the molecule is O=C(NCCCCCCCCCCCCNC(=O)NC1CCC(CCN2C3CCC2c2ccccc23)CC1)NC1CCC(CCN2C3CCC2c2ccccc23)CC1. The average molecular weight is 793 g/mol. The van der Waals surface area contributed by atoms with Gasteiger partial charge in [-0.15, -0.1) is 0 Å². The second kappa shape index (κ2) is 20.9. The molecule has 6 aliphatic rings. The summed E-state index contributed by atoms with van der Waals surface area (Å²) in [6.07, 6.45) is 29.6. The minimum atomic E-state index is 0.0326. The smallest absolute Gasteiger partial charge is 0.315 e. The van der Waals surface area contributed by atoms with Gasteiger partial charge in [0.15, 0.2) is 0 Å². The van der Waals surface area contributed by atoms with E-state index in [1.54, 1.807) is 22.3 Å². The molecule has 58 heavy (non-hydrogen) atoms. The maximum atomic E-state index is 12.5. The maximum absolute atomic E-state index is 12.5. The van der Waals surface area contributed by atoms with Crippen molar-refractivity contribution in [3.63, 3.8) is 0 Å². The lowest BCUT2D eigenvalue weighted by Gasteiger charge is -2.31. The van der Waals surface area contributed by atoms with E-state index in [-0.39, 0.29) is 12.1 Å². The van der Waals surface area contributed by atoms with Gasteiger partial charge in [-0.1, -0.05) is 99.9 Å². The van der Waals surface area contributed by atoms with Gasteiger partial charge in [0.25, 0.3) is 0 Å². The Morgan fingerprint density at radius 3 is 1.07 bits per heavy atom. The van der Waals surface area contributed by atoms with E-state index in [0.29, 0.717) is 36.3 Å². The lowest BCUT2D eigenvalue weighted by molar-refractivity contribution is 0.185. The normalized spacial score (nSPS) is 28.6. The largest absolute Gasteiger partial charge is 0.338 e. The van der Waals surface area contributed by atoms with Crippen LogP contribution in [0, 0.1) is 11.8 Å². The van der Waals surface area contributed by atoms with Crippen LogP contribution in [0.3, 0.4) is 0 Å². The Morgan fingerprint density at radius 2 is 0.741 bits per heavy atom. The van der Waals surface area contributed by atoms with Crippen LogP contribution in [0.4, 0.5) is 9.59 Å². The number of benzene rings is 2. The molecule has 2 aliphatic carbocycles. The summed E-state index contributed by atoms with van der Waals surface area (Å²) in [6, 6.07) is 21.6. The summed E-state index contributed by atoms with van der Waals surface area (Å²) in [7, 11) is 0. The van der Waals surface area contributed by atoms with Crippen LogP contribution in [0.25, 0.3) is 0 Å². The number of rotatable bonds is 21. The van der Waals surface area contributed by atoms with Crippen molar-refractivity contribution in [1.82, 2.24) is 31.1 Å². The van der Waals surface area contributed by atoms with E-state index in [1.165, 1.54) is 129 Å². The quantitative estimate of drug-likeness (QED) is 0.0948. The van der Waals surface area contributed by atoms with Gasteiger partial charge >= 0.3 is 12.1 Å². The molecule has 2 aromatic rings. The second-order valence-electron chi connectivity index (χ2n) is 19.3. The highest BCUT2D eigenvalue weighted by molar-refractivity contribution is 5.74. The fraction of sp³-hybridized carbons (Fsp3) is 0.720. The lowest BCUT2D eigenvalue weighted by Crippen LogP contribution is -2.44. The van der Waals surface area contributed by atoms with Crippen molar-refractivity contribution in [3.05, 3.63) is 70.8 Å². The van der Waals surface area contributed by atoms with Crippen molar-refractivity contribution < 1.29 is 9.59 Å². The highest BCUT2D eigenvalue weighted by Crippen LogP contribution is 2.54.